The molecule has 1 atom stereocenters. The minimum absolute atomic E-state index is 0.0323. The van der Waals surface area contributed by atoms with Gasteiger partial charge in [-0.2, -0.15) is 0 Å². The number of hydrogen-bond donors (Lipinski definition) is 1. The van der Waals surface area contributed by atoms with E-state index in [9.17, 15) is 8.78 Å². The standard InChI is InChI=1S/C11H15F2N/c1-7-5-10(12)9(11(13)6-7)4-3-8(2)14/h5-6,8H,3-4,14H2,1-2H3/t8-/m1/s1. The van der Waals surface area contributed by atoms with Crippen molar-refractivity contribution in [3.05, 3.63) is 34.9 Å². The van der Waals surface area contributed by atoms with Crippen LogP contribution in [-0.4, -0.2) is 6.04 Å². The molecule has 2 N–H and O–H groups in total. The third-order valence-electron chi connectivity index (χ3n) is 2.14. The van der Waals surface area contributed by atoms with Crippen LogP contribution in [0, 0.1) is 18.6 Å². The lowest BCUT2D eigenvalue weighted by Crippen LogP contribution is -2.16. The first-order valence-corrected chi connectivity index (χ1v) is 4.71. The van der Waals surface area contributed by atoms with E-state index in [2.05, 4.69) is 0 Å². The third-order valence-corrected chi connectivity index (χ3v) is 2.14. The molecule has 0 bridgehead atoms. The number of hydrogen-bond acceptors (Lipinski definition) is 1. The van der Waals surface area contributed by atoms with Gasteiger partial charge in [0.1, 0.15) is 11.6 Å². The van der Waals surface area contributed by atoms with E-state index < -0.39 is 11.6 Å². The quantitative estimate of drug-likeness (QED) is 0.795. The average molecular weight is 199 g/mol. The summed E-state index contributed by atoms with van der Waals surface area (Å²) in [4.78, 5) is 0. The lowest BCUT2D eigenvalue weighted by atomic mass is 10.0. The molecule has 1 aromatic rings. The van der Waals surface area contributed by atoms with Crippen LogP contribution in [0.4, 0.5) is 8.78 Å². The van der Waals surface area contributed by atoms with Gasteiger partial charge in [0.2, 0.25) is 0 Å². The molecule has 1 aromatic carbocycles. The van der Waals surface area contributed by atoms with Crippen molar-refractivity contribution < 1.29 is 8.78 Å². The van der Waals surface area contributed by atoms with Gasteiger partial charge in [0, 0.05) is 11.6 Å². The van der Waals surface area contributed by atoms with Crippen LogP contribution in [-0.2, 0) is 6.42 Å². The second-order valence-corrected chi connectivity index (χ2v) is 3.72. The third kappa shape index (κ3) is 2.77. The van der Waals surface area contributed by atoms with Crippen LogP contribution < -0.4 is 5.73 Å². The molecule has 0 aliphatic heterocycles. The van der Waals surface area contributed by atoms with Gasteiger partial charge in [-0.05, 0) is 44.4 Å². The topological polar surface area (TPSA) is 26.0 Å². The summed E-state index contributed by atoms with van der Waals surface area (Å²) in [5, 5.41) is 0. The molecule has 0 amide bonds. The number of nitrogens with two attached hydrogens (primary N) is 1. The van der Waals surface area contributed by atoms with Crippen molar-refractivity contribution in [2.24, 2.45) is 5.73 Å². The van der Waals surface area contributed by atoms with Gasteiger partial charge in [0.25, 0.3) is 0 Å². The van der Waals surface area contributed by atoms with Crippen molar-refractivity contribution in [2.45, 2.75) is 32.7 Å². The van der Waals surface area contributed by atoms with Crippen molar-refractivity contribution in [3.63, 3.8) is 0 Å². The van der Waals surface area contributed by atoms with Gasteiger partial charge < -0.3 is 5.73 Å². The maximum absolute atomic E-state index is 13.3. The van der Waals surface area contributed by atoms with E-state index in [1.807, 2.05) is 6.92 Å². The van der Waals surface area contributed by atoms with Gasteiger partial charge in [0.05, 0.1) is 0 Å². The highest BCUT2D eigenvalue weighted by Gasteiger charge is 2.10. The van der Waals surface area contributed by atoms with E-state index in [1.165, 1.54) is 12.1 Å². The molecule has 0 aliphatic carbocycles. The maximum atomic E-state index is 13.3. The summed E-state index contributed by atoms with van der Waals surface area (Å²) in [6, 6.07) is 2.66. The van der Waals surface area contributed by atoms with E-state index in [0.29, 0.717) is 18.4 Å². The summed E-state index contributed by atoms with van der Waals surface area (Å²) >= 11 is 0. The molecule has 0 fully saturated rings. The van der Waals surface area contributed by atoms with E-state index in [4.69, 9.17) is 5.73 Å². The fourth-order valence-corrected chi connectivity index (χ4v) is 1.34. The molecular weight excluding hydrogens is 184 g/mol. The summed E-state index contributed by atoms with van der Waals surface area (Å²) in [5.74, 6) is -0.939. The molecule has 0 aliphatic rings. The fraction of sp³-hybridized carbons (Fsp3) is 0.455. The Morgan fingerprint density at radius 3 is 2.21 bits per heavy atom. The first-order chi connectivity index (χ1) is 6.50. The number of halogens is 2. The van der Waals surface area contributed by atoms with E-state index in [-0.39, 0.29) is 11.6 Å². The molecule has 0 heterocycles. The Bertz CT molecular complexity index is 298. The lowest BCUT2D eigenvalue weighted by Gasteiger charge is -2.08. The summed E-state index contributed by atoms with van der Waals surface area (Å²) in [6.45, 7) is 3.49. The summed E-state index contributed by atoms with van der Waals surface area (Å²) in [6.07, 6.45) is 0.951. The zero-order chi connectivity index (χ0) is 10.7. The molecule has 1 rings (SSSR count). The zero-order valence-electron chi connectivity index (χ0n) is 8.48. The fourth-order valence-electron chi connectivity index (χ4n) is 1.34. The molecular formula is C11H15F2N. The van der Waals surface area contributed by atoms with Crippen molar-refractivity contribution in [1.82, 2.24) is 0 Å². The van der Waals surface area contributed by atoms with Gasteiger partial charge in [0.15, 0.2) is 0 Å². The minimum atomic E-state index is -0.469. The van der Waals surface area contributed by atoms with Crippen LogP contribution in [0.15, 0.2) is 12.1 Å². The number of benzene rings is 1. The Balaban J connectivity index is 2.86. The Morgan fingerprint density at radius 1 is 1.29 bits per heavy atom. The molecule has 14 heavy (non-hydrogen) atoms. The zero-order valence-corrected chi connectivity index (χ0v) is 8.48. The van der Waals surface area contributed by atoms with Gasteiger partial charge in [-0.3, -0.25) is 0 Å². The molecule has 0 saturated heterocycles. The normalized spacial score (nSPS) is 12.9. The molecule has 1 nitrogen and oxygen atoms in total. The molecule has 0 aromatic heterocycles. The van der Waals surface area contributed by atoms with Crippen LogP contribution in [0.3, 0.4) is 0 Å². The monoisotopic (exact) mass is 199 g/mol. The van der Waals surface area contributed by atoms with Crippen LogP contribution in [0.25, 0.3) is 0 Å². The smallest absolute Gasteiger partial charge is 0.129 e. The van der Waals surface area contributed by atoms with E-state index >= 15 is 0 Å². The van der Waals surface area contributed by atoms with Gasteiger partial charge >= 0.3 is 0 Å². The highest BCUT2D eigenvalue weighted by molar-refractivity contribution is 5.25. The highest BCUT2D eigenvalue weighted by Crippen LogP contribution is 2.17. The Hall–Kier alpha value is -0.960. The first kappa shape index (κ1) is 11.1. The second-order valence-electron chi connectivity index (χ2n) is 3.72. The molecule has 0 spiro atoms. The average Bonchev–Trinajstić information content (AvgIpc) is 2.01. The molecule has 3 heteroatoms. The van der Waals surface area contributed by atoms with Crippen LogP contribution in [0.5, 0.6) is 0 Å². The predicted molar refractivity (Wildman–Crippen MR) is 53.1 cm³/mol. The van der Waals surface area contributed by atoms with Crippen LogP contribution in [0.2, 0.25) is 0 Å². The SMILES string of the molecule is Cc1cc(F)c(CC[C@@H](C)N)c(F)c1. The van der Waals surface area contributed by atoms with E-state index in [1.54, 1.807) is 6.92 Å². The van der Waals surface area contributed by atoms with Crippen molar-refractivity contribution in [2.75, 3.05) is 0 Å². The van der Waals surface area contributed by atoms with Crippen molar-refractivity contribution in [1.29, 1.82) is 0 Å². The Morgan fingerprint density at radius 2 is 1.79 bits per heavy atom. The largest absolute Gasteiger partial charge is 0.328 e. The maximum Gasteiger partial charge on any atom is 0.129 e. The minimum Gasteiger partial charge on any atom is -0.328 e. The Kier molecular flexibility index (Phi) is 3.58. The molecule has 0 saturated carbocycles. The number of rotatable bonds is 3. The summed E-state index contributed by atoms with van der Waals surface area (Å²) in [5.41, 5.74) is 6.27. The van der Waals surface area contributed by atoms with Crippen molar-refractivity contribution >= 4 is 0 Å². The molecule has 0 unspecified atom stereocenters. The summed E-state index contributed by atoms with van der Waals surface area (Å²) in [7, 11) is 0. The lowest BCUT2D eigenvalue weighted by molar-refractivity contribution is 0.539. The van der Waals surface area contributed by atoms with Gasteiger partial charge in [-0.25, -0.2) is 8.78 Å². The van der Waals surface area contributed by atoms with Gasteiger partial charge in [-0.1, -0.05) is 0 Å². The van der Waals surface area contributed by atoms with Gasteiger partial charge in [-0.15, -0.1) is 0 Å². The Labute approximate surface area is 82.9 Å². The molecule has 78 valence electrons. The van der Waals surface area contributed by atoms with Crippen LogP contribution >= 0.6 is 0 Å². The second kappa shape index (κ2) is 4.51. The summed E-state index contributed by atoms with van der Waals surface area (Å²) < 4.78 is 26.6. The molecule has 0 radical (unpaired) electrons. The highest BCUT2D eigenvalue weighted by atomic mass is 19.1. The first-order valence-electron chi connectivity index (χ1n) is 4.71. The van der Waals surface area contributed by atoms with Crippen LogP contribution in [0.1, 0.15) is 24.5 Å². The number of aryl methyl sites for hydroxylation is 1. The van der Waals surface area contributed by atoms with Crippen molar-refractivity contribution in [3.8, 4) is 0 Å². The van der Waals surface area contributed by atoms with E-state index in [0.717, 1.165) is 0 Å². The predicted octanol–water partition coefficient (Wildman–Crippen LogP) is 2.55.